The number of nitrogens with zero attached hydrogens (tertiary/aromatic N) is 1. The largest absolute Gasteiger partial charge is 0.316 e. The zero-order valence-electron chi connectivity index (χ0n) is 14.7. The van der Waals surface area contributed by atoms with Crippen LogP contribution in [0.1, 0.15) is 52.9 Å². The van der Waals surface area contributed by atoms with E-state index in [2.05, 4.69) is 49.8 Å². The maximum atomic E-state index is 3.78. The van der Waals surface area contributed by atoms with E-state index in [1.54, 1.807) is 0 Å². The van der Waals surface area contributed by atoms with Crippen LogP contribution < -0.4 is 5.32 Å². The highest BCUT2D eigenvalue weighted by molar-refractivity contribution is 7.99. The first-order valence-electron chi connectivity index (χ1n) is 8.99. The van der Waals surface area contributed by atoms with Crippen LogP contribution in [0.15, 0.2) is 0 Å². The first kappa shape index (κ1) is 17.6. The van der Waals surface area contributed by atoms with E-state index in [-0.39, 0.29) is 0 Å². The molecule has 0 aromatic carbocycles. The summed E-state index contributed by atoms with van der Waals surface area (Å²) >= 11 is 2.14. The summed E-state index contributed by atoms with van der Waals surface area (Å²) in [5.74, 6) is 4.38. The lowest BCUT2D eigenvalue weighted by molar-refractivity contribution is 0.0766. The van der Waals surface area contributed by atoms with Crippen LogP contribution in [0.4, 0.5) is 0 Å². The molecular weight excluding hydrogens is 276 g/mol. The van der Waals surface area contributed by atoms with E-state index < -0.39 is 0 Å². The number of nitrogens with one attached hydrogen (secondary N) is 1. The highest BCUT2D eigenvalue weighted by Gasteiger charge is 2.37. The van der Waals surface area contributed by atoms with Crippen LogP contribution in [0.3, 0.4) is 0 Å². The molecule has 1 N–H and O–H groups in total. The third-order valence-electron chi connectivity index (χ3n) is 5.35. The van der Waals surface area contributed by atoms with Crippen molar-refractivity contribution in [2.45, 2.75) is 58.9 Å². The Balaban J connectivity index is 1.93. The van der Waals surface area contributed by atoms with E-state index in [1.807, 2.05) is 0 Å². The van der Waals surface area contributed by atoms with E-state index in [0.717, 1.165) is 17.9 Å². The van der Waals surface area contributed by atoms with Gasteiger partial charge in [0.15, 0.2) is 0 Å². The zero-order valence-corrected chi connectivity index (χ0v) is 15.5. The van der Waals surface area contributed by atoms with Crippen molar-refractivity contribution >= 4 is 11.8 Å². The molecule has 3 heteroatoms. The van der Waals surface area contributed by atoms with Crippen LogP contribution in [0.2, 0.25) is 0 Å². The van der Waals surface area contributed by atoms with Gasteiger partial charge in [0.1, 0.15) is 0 Å². The molecule has 3 atom stereocenters. The fourth-order valence-corrected chi connectivity index (χ4v) is 5.58. The fourth-order valence-electron chi connectivity index (χ4n) is 4.28. The molecule has 0 aromatic rings. The molecular formula is C18H36N2S. The minimum atomic E-state index is 0.522. The molecule has 2 rings (SSSR count). The molecule has 2 nitrogen and oxygen atoms in total. The Bertz CT molecular complexity index is 302. The quantitative estimate of drug-likeness (QED) is 0.768. The fraction of sp³-hybridized carbons (Fsp3) is 1.00. The van der Waals surface area contributed by atoms with E-state index in [9.17, 15) is 0 Å². The topological polar surface area (TPSA) is 15.3 Å². The number of rotatable bonds is 7. The van der Waals surface area contributed by atoms with Crippen molar-refractivity contribution in [3.63, 3.8) is 0 Å². The van der Waals surface area contributed by atoms with E-state index in [1.165, 1.54) is 63.2 Å². The molecule has 0 bridgehead atoms. The Morgan fingerprint density at radius 1 is 1.33 bits per heavy atom. The minimum absolute atomic E-state index is 0.522. The van der Waals surface area contributed by atoms with E-state index in [4.69, 9.17) is 0 Å². The molecule has 2 aliphatic rings. The number of hydrogen-bond acceptors (Lipinski definition) is 3. The number of thioether (sulfide) groups is 1. The minimum Gasteiger partial charge on any atom is -0.316 e. The van der Waals surface area contributed by atoms with Gasteiger partial charge in [-0.1, -0.05) is 33.6 Å². The number of hydrogen-bond donors (Lipinski definition) is 1. The molecule has 1 heterocycles. The van der Waals surface area contributed by atoms with Crippen molar-refractivity contribution < 1.29 is 0 Å². The summed E-state index contributed by atoms with van der Waals surface area (Å²) in [5.41, 5.74) is 0.522. The summed E-state index contributed by atoms with van der Waals surface area (Å²) in [6, 6.07) is 0.828. The molecule has 21 heavy (non-hydrogen) atoms. The first-order valence-corrected chi connectivity index (χ1v) is 10.1. The highest BCUT2D eigenvalue weighted by Crippen LogP contribution is 2.40. The molecule has 1 aliphatic heterocycles. The molecule has 0 radical (unpaired) electrons. The molecule has 1 saturated carbocycles. The van der Waals surface area contributed by atoms with Crippen LogP contribution in [0.5, 0.6) is 0 Å². The maximum Gasteiger partial charge on any atom is 0.0191 e. The van der Waals surface area contributed by atoms with E-state index in [0.29, 0.717) is 5.41 Å². The van der Waals surface area contributed by atoms with Crippen molar-refractivity contribution in [2.24, 2.45) is 17.3 Å². The third kappa shape index (κ3) is 5.44. The van der Waals surface area contributed by atoms with Crippen molar-refractivity contribution in [3.8, 4) is 0 Å². The zero-order chi connectivity index (χ0) is 15.3. The standard InChI is InChI=1S/C18H36N2S/c1-15(2)11-19-13-18(8-5-6-16(3)10-18)14-20(4)17-7-9-21-12-17/h15-17,19H,5-14H2,1-4H3. The summed E-state index contributed by atoms with van der Waals surface area (Å²) in [6.45, 7) is 10.8. The maximum absolute atomic E-state index is 3.78. The second-order valence-corrected chi connectivity index (χ2v) is 9.31. The second-order valence-electron chi connectivity index (χ2n) is 8.16. The van der Waals surface area contributed by atoms with Gasteiger partial charge >= 0.3 is 0 Å². The van der Waals surface area contributed by atoms with Gasteiger partial charge in [-0.05, 0) is 55.9 Å². The summed E-state index contributed by atoms with van der Waals surface area (Å²) in [4.78, 5) is 2.69. The average Bonchev–Trinajstić information content (AvgIpc) is 2.91. The third-order valence-corrected chi connectivity index (χ3v) is 6.50. The average molecular weight is 313 g/mol. The van der Waals surface area contributed by atoms with Crippen LogP contribution in [-0.4, -0.2) is 49.1 Å². The predicted molar refractivity (Wildman–Crippen MR) is 96.1 cm³/mol. The van der Waals surface area contributed by atoms with Gasteiger partial charge in [-0.3, -0.25) is 0 Å². The summed E-state index contributed by atoms with van der Waals surface area (Å²) < 4.78 is 0. The van der Waals surface area contributed by atoms with Gasteiger partial charge < -0.3 is 10.2 Å². The highest BCUT2D eigenvalue weighted by atomic mass is 32.2. The Hall–Kier alpha value is 0.270. The lowest BCUT2D eigenvalue weighted by atomic mass is 9.69. The van der Waals surface area contributed by atoms with Gasteiger partial charge in [-0.2, -0.15) is 11.8 Å². The molecule has 1 aliphatic carbocycles. The smallest absolute Gasteiger partial charge is 0.0191 e. The van der Waals surface area contributed by atoms with Gasteiger partial charge in [0.2, 0.25) is 0 Å². The normalized spacial score (nSPS) is 34.0. The predicted octanol–water partition coefficient (Wildman–Crippen LogP) is 3.87. The van der Waals surface area contributed by atoms with Crippen LogP contribution in [0, 0.1) is 17.3 Å². The summed E-state index contributed by atoms with van der Waals surface area (Å²) in [7, 11) is 2.38. The van der Waals surface area contributed by atoms with Gasteiger partial charge in [0.25, 0.3) is 0 Å². The summed E-state index contributed by atoms with van der Waals surface area (Å²) in [5, 5.41) is 3.78. The van der Waals surface area contributed by atoms with Crippen molar-refractivity contribution in [2.75, 3.05) is 38.2 Å². The second kappa shape index (κ2) is 8.21. The molecule has 3 unspecified atom stereocenters. The molecule has 0 spiro atoms. The van der Waals surface area contributed by atoms with Gasteiger partial charge in [0.05, 0.1) is 0 Å². The molecule has 1 saturated heterocycles. The molecule has 124 valence electrons. The lowest BCUT2D eigenvalue weighted by Gasteiger charge is -2.44. The van der Waals surface area contributed by atoms with Gasteiger partial charge in [-0.15, -0.1) is 0 Å². The van der Waals surface area contributed by atoms with Gasteiger partial charge in [-0.25, -0.2) is 0 Å². The van der Waals surface area contributed by atoms with Crippen molar-refractivity contribution in [1.82, 2.24) is 10.2 Å². The van der Waals surface area contributed by atoms with Crippen molar-refractivity contribution in [3.05, 3.63) is 0 Å². The first-order chi connectivity index (χ1) is 10.0. The van der Waals surface area contributed by atoms with Crippen LogP contribution >= 0.6 is 11.8 Å². The molecule has 2 fully saturated rings. The van der Waals surface area contributed by atoms with Crippen molar-refractivity contribution in [1.29, 1.82) is 0 Å². The summed E-state index contributed by atoms with van der Waals surface area (Å²) in [6.07, 6.45) is 7.11. The Kier molecular flexibility index (Phi) is 6.89. The Morgan fingerprint density at radius 2 is 2.14 bits per heavy atom. The molecule has 0 amide bonds. The van der Waals surface area contributed by atoms with Crippen LogP contribution in [-0.2, 0) is 0 Å². The monoisotopic (exact) mass is 312 g/mol. The lowest BCUT2D eigenvalue weighted by Crippen LogP contribution is -2.48. The van der Waals surface area contributed by atoms with E-state index >= 15 is 0 Å². The van der Waals surface area contributed by atoms with Gasteiger partial charge in [0, 0.05) is 24.9 Å². The SMILES string of the molecule is CC(C)CNCC1(CN(C)C2CCSC2)CCCC(C)C1. The Labute approximate surface area is 136 Å². The molecule has 0 aromatic heterocycles. The van der Waals surface area contributed by atoms with Crippen LogP contribution in [0.25, 0.3) is 0 Å². The Morgan fingerprint density at radius 3 is 2.76 bits per heavy atom.